The standard InChI is InChI=1S/C22H20N8O/c1-30(2)12-20(31)26-16-5-14(8-24-10-16)15-6-17-21(28-29-22(17)25-9-15)18-7-13-3-4-23-11-19(13)27-18/h3-11,27H,12H2,1-2H3,(H,26,31)(H,25,28,29). The van der Waals surface area contributed by atoms with Crippen LogP contribution in [0, 0.1) is 0 Å². The second-order valence-electron chi connectivity index (χ2n) is 7.59. The van der Waals surface area contributed by atoms with Crippen molar-refractivity contribution in [3.05, 3.63) is 55.2 Å². The summed E-state index contributed by atoms with van der Waals surface area (Å²) in [5.74, 6) is -0.0945. The van der Waals surface area contributed by atoms with Gasteiger partial charge in [-0.3, -0.25) is 19.9 Å². The molecule has 0 atom stereocenters. The lowest BCUT2D eigenvalue weighted by atomic mass is 10.1. The Kier molecular flexibility index (Phi) is 4.64. The van der Waals surface area contributed by atoms with E-state index in [0.29, 0.717) is 17.9 Å². The smallest absolute Gasteiger partial charge is 0.238 e. The summed E-state index contributed by atoms with van der Waals surface area (Å²) in [7, 11) is 3.70. The fourth-order valence-electron chi connectivity index (χ4n) is 3.52. The number of hydrogen-bond acceptors (Lipinski definition) is 6. The molecule has 5 aromatic heterocycles. The number of aromatic amines is 2. The summed E-state index contributed by atoms with van der Waals surface area (Å²) >= 11 is 0. The van der Waals surface area contributed by atoms with Crippen LogP contribution in [0.1, 0.15) is 0 Å². The molecule has 0 aliphatic heterocycles. The highest BCUT2D eigenvalue weighted by Crippen LogP contribution is 2.30. The van der Waals surface area contributed by atoms with E-state index in [-0.39, 0.29) is 5.91 Å². The Labute approximate surface area is 177 Å². The third-order valence-corrected chi connectivity index (χ3v) is 4.92. The fraction of sp³-hybridized carbons (Fsp3) is 0.136. The van der Waals surface area contributed by atoms with Crippen LogP contribution in [0.15, 0.2) is 55.2 Å². The van der Waals surface area contributed by atoms with Crippen molar-refractivity contribution >= 4 is 33.5 Å². The first-order valence-corrected chi connectivity index (χ1v) is 9.74. The quantitative estimate of drug-likeness (QED) is 0.409. The number of likely N-dealkylation sites (N-methyl/N-ethyl adjacent to an activating group) is 1. The van der Waals surface area contributed by atoms with Gasteiger partial charge in [0.25, 0.3) is 0 Å². The van der Waals surface area contributed by atoms with Gasteiger partial charge in [0.2, 0.25) is 5.91 Å². The minimum absolute atomic E-state index is 0.0945. The number of hydrogen-bond donors (Lipinski definition) is 3. The van der Waals surface area contributed by atoms with Crippen LogP contribution in [0.3, 0.4) is 0 Å². The van der Waals surface area contributed by atoms with Gasteiger partial charge in [0.1, 0.15) is 0 Å². The molecular formula is C22H20N8O. The number of rotatable bonds is 5. The van der Waals surface area contributed by atoms with Crippen molar-refractivity contribution in [2.45, 2.75) is 0 Å². The molecule has 154 valence electrons. The second kappa shape index (κ2) is 7.62. The molecule has 0 aliphatic rings. The van der Waals surface area contributed by atoms with Gasteiger partial charge in [-0.2, -0.15) is 5.10 Å². The minimum atomic E-state index is -0.0945. The van der Waals surface area contributed by atoms with Crippen LogP contribution in [-0.2, 0) is 4.79 Å². The van der Waals surface area contributed by atoms with Gasteiger partial charge in [0, 0.05) is 40.5 Å². The molecule has 0 spiro atoms. The van der Waals surface area contributed by atoms with Crippen molar-refractivity contribution in [2.24, 2.45) is 0 Å². The van der Waals surface area contributed by atoms with E-state index in [4.69, 9.17) is 0 Å². The van der Waals surface area contributed by atoms with Crippen molar-refractivity contribution in [3.63, 3.8) is 0 Å². The number of anilines is 1. The van der Waals surface area contributed by atoms with Gasteiger partial charge in [0.15, 0.2) is 5.65 Å². The van der Waals surface area contributed by atoms with Crippen molar-refractivity contribution in [1.29, 1.82) is 0 Å². The molecule has 0 fully saturated rings. The van der Waals surface area contributed by atoms with E-state index in [9.17, 15) is 4.79 Å². The molecular weight excluding hydrogens is 392 g/mol. The van der Waals surface area contributed by atoms with Crippen LogP contribution in [0.5, 0.6) is 0 Å². The molecule has 9 nitrogen and oxygen atoms in total. The summed E-state index contributed by atoms with van der Waals surface area (Å²) in [6.45, 7) is 0.302. The largest absolute Gasteiger partial charge is 0.352 e. The molecule has 0 unspecified atom stereocenters. The maximum atomic E-state index is 12.1. The number of carbonyl (C=O) groups is 1. The molecule has 0 radical (unpaired) electrons. The lowest BCUT2D eigenvalue weighted by Crippen LogP contribution is -2.27. The molecule has 0 aromatic carbocycles. The van der Waals surface area contributed by atoms with Crippen LogP contribution < -0.4 is 5.32 Å². The highest BCUT2D eigenvalue weighted by Gasteiger charge is 2.13. The average molecular weight is 412 g/mol. The van der Waals surface area contributed by atoms with E-state index >= 15 is 0 Å². The highest BCUT2D eigenvalue weighted by molar-refractivity contribution is 5.96. The Bertz CT molecular complexity index is 1370. The Hall–Kier alpha value is -4.11. The molecule has 9 heteroatoms. The summed E-state index contributed by atoms with van der Waals surface area (Å²) in [6.07, 6.45) is 8.69. The van der Waals surface area contributed by atoms with Gasteiger partial charge in [-0.15, -0.1) is 0 Å². The van der Waals surface area contributed by atoms with Crippen LogP contribution in [0.2, 0.25) is 0 Å². The van der Waals surface area contributed by atoms with Gasteiger partial charge in [-0.25, -0.2) is 4.98 Å². The average Bonchev–Trinajstić information content (AvgIpc) is 3.36. The zero-order valence-corrected chi connectivity index (χ0v) is 17.0. The van der Waals surface area contributed by atoms with Crippen molar-refractivity contribution in [2.75, 3.05) is 26.0 Å². The highest BCUT2D eigenvalue weighted by atomic mass is 16.2. The summed E-state index contributed by atoms with van der Waals surface area (Å²) in [6, 6.07) is 7.92. The number of aromatic nitrogens is 6. The predicted octanol–water partition coefficient (Wildman–Crippen LogP) is 3.06. The minimum Gasteiger partial charge on any atom is -0.352 e. The zero-order valence-electron chi connectivity index (χ0n) is 17.0. The molecule has 0 saturated heterocycles. The van der Waals surface area contributed by atoms with Gasteiger partial charge >= 0.3 is 0 Å². The summed E-state index contributed by atoms with van der Waals surface area (Å²) < 4.78 is 0. The SMILES string of the molecule is CN(C)CC(=O)Nc1cncc(-c2cnc3n[nH]c(-c4cc5ccncc5[nH]4)c3c2)c1. The summed E-state index contributed by atoms with van der Waals surface area (Å²) in [5, 5.41) is 12.3. The molecule has 5 aromatic rings. The van der Waals surface area contributed by atoms with Crippen LogP contribution in [-0.4, -0.2) is 61.6 Å². The predicted molar refractivity (Wildman–Crippen MR) is 119 cm³/mol. The molecule has 5 rings (SSSR count). The fourth-order valence-corrected chi connectivity index (χ4v) is 3.52. The number of H-pyrrole nitrogens is 2. The number of nitrogens with one attached hydrogen (secondary N) is 3. The zero-order chi connectivity index (χ0) is 21.4. The van der Waals surface area contributed by atoms with E-state index in [0.717, 1.165) is 38.8 Å². The maximum absolute atomic E-state index is 12.1. The Balaban J connectivity index is 1.51. The van der Waals surface area contributed by atoms with Gasteiger partial charge in [0.05, 0.1) is 41.5 Å². The maximum Gasteiger partial charge on any atom is 0.238 e. The number of nitrogens with zero attached hydrogens (tertiary/aromatic N) is 5. The lowest BCUT2D eigenvalue weighted by Gasteiger charge is -2.10. The first-order valence-electron chi connectivity index (χ1n) is 9.74. The van der Waals surface area contributed by atoms with Gasteiger partial charge in [-0.1, -0.05) is 0 Å². The van der Waals surface area contributed by atoms with Crippen LogP contribution in [0.4, 0.5) is 5.69 Å². The summed E-state index contributed by atoms with van der Waals surface area (Å²) in [4.78, 5) is 30.2. The molecule has 1 amide bonds. The first-order chi connectivity index (χ1) is 15.1. The monoisotopic (exact) mass is 412 g/mol. The summed E-state index contributed by atoms with van der Waals surface area (Å²) in [5.41, 5.74) is 5.71. The first kappa shape index (κ1) is 18.9. The van der Waals surface area contributed by atoms with E-state index in [2.05, 4.69) is 41.5 Å². The van der Waals surface area contributed by atoms with Gasteiger partial charge < -0.3 is 15.2 Å². The number of amides is 1. The normalized spacial score (nSPS) is 11.5. The molecule has 0 saturated carbocycles. The van der Waals surface area contributed by atoms with Crippen LogP contribution in [0.25, 0.3) is 44.5 Å². The van der Waals surface area contributed by atoms with Crippen molar-refractivity contribution in [1.82, 2.24) is 35.0 Å². The topological polar surface area (TPSA) is 115 Å². The Morgan fingerprint density at radius 2 is 1.94 bits per heavy atom. The third-order valence-electron chi connectivity index (χ3n) is 4.92. The molecule has 5 heterocycles. The van der Waals surface area contributed by atoms with E-state index < -0.39 is 0 Å². The molecule has 31 heavy (non-hydrogen) atoms. The third kappa shape index (κ3) is 3.74. The Morgan fingerprint density at radius 3 is 2.77 bits per heavy atom. The van der Waals surface area contributed by atoms with Gasteiger partial charge in [-0.05, 0) is 38.4 Å². The van der Waals surface area contributed by atoms with E-state index in [1.165, 1.54) is 0 Å². The van der Waals surface area contributed by atoms with Crippen LogP contribution >= 0.6 is 0 Å². The number of pyridine rings is 3. The number of carbonyl (C=O) groups excluding carboxylic acids is 1. The van der Waals surface area contributed by atoms with Crippen molar-refractivity contribution < 1.29 is 4.79 Å². The van der Waals surface area contributed by atoms with Crippen molar-refractivity contribution in [3.8, 4) is 22.5 Å². The number of fused-ring (bicyclic) bond motifs is 2. The van der Waals surface area contributed by atoms with E-state index in [1.807, 2.05) is 37.2 Å². The Morgan fingerprint density at radius 1 is 1.06 bits per heavy atom. The molecule has 3 N–H and O–H groups in total. The molecule has 0 aliphatic carbocycles. The lowest BCUT2D eigenvalue weighted by molar-refractivity contribution is -0.116. The second-order valence-corrected chi connectivity index (χ2v) is 7.59. The van der Waals surface area contributed by atoms with E-state index in [1.54, 1.807) is 31.0 Å². The molecule has 0 bridgehead atoms.